The SMILES string of the molecule is CCC(NOCC(N)=O)c1ccco1. The van der Waals surface area contributed by atoms with E-state index in [9.17, 15) is 4.79 Å². The van der Waals surface area contributed by atoms with Crippen LogP contribution in [0.1, 0.15) is 25.1 Å². The predicted molar refractivity (Wildman–Crippen MR) is 50.0 cm³/mol. The van der Waals surface area contributed by atoms with Crippen LogP contribution in [0, 0.1) is 0 Å². The lowest BCUT2D eigenvalue weighted by atomic mass is 10.2. The molecule has 1 atom stereocenters. The van der Waals surface area contributed by atoms with Gasteiger partial charge in [0.1, 0.15) is 12.4 Å². The van der Waals surface area contributed by atoms with E-state index in [1.807, 2.05) is 13.0 Å². The number of amides is 1. The summed E-state index contributed by atoms with van der Waals surface area (Å²) in [4.78, 5) is 15.3. The Morgan fingerprint density at radius 1 is 1.79 bits per heavy atom. The topological polar surface area (TPSA) is 77.5 Å². The van der Waals surface area contributed by atoms with Crippen LogP contribution in [0.2, 0.25) is 0 Å². The summed E-state index contributed by atoms with van der Waals surface area (Å²) in [6.45, 7) is 1.84. The molecule has 5 nitrogen and oxygen atoms in total. The van der Waals surface area contributed by atoms with Gasteiger partial charge in [-0.2, -0.15) is 5.48 Å². The Balaban J connectivity index is 2.36. The summed E-state index contributed by atoms with van der Waals surface area (Å²) in [5.74, 6) is 0.267. The molecule has 1 rings (SSSR count). The first kappa shape index (κ1) is 10.7. The number of hydrogen-bond acceptors (Lipinski definition) is 4. The van der Waals surface area contributed by atoms with Gasteiger partial charge in [-0.1, -0.05) is 6.92 Å². The Hall–Kier alpha value is -1.33. The van der Waals surface area contributed by atoms with E-state index in [1.165, 1.54) is 0 Å². The maximum atomic E-state index is 10.4. The Kier molecular flexibility index (Phi) is 4.15. The van der Waals surface area contributed by atoms with E-state index >= 15 is 0 Å². The lowest BCUT2D eigenvalue weighted by molar-refractivity contribution is -0.126. The molecule has 0 bridgehead atoms. The minimum Gasteiger partial charge on any atom is -0.468 e. The average molecular weight is 198 g/mol. The molecule has 0 saturated carbocycles. The molecule has 0 aliphatic rings. The maximum absolute atomic E-state index is 10.4. The lowest BCUT2D eigenvalue weighted by Gasteiger charge is -2.13. The molecule has 1 heterocycles. The van der Waals surface area contributed by atoms with Crippen molar-refractivity contribution in [2.24, 2.45) is 5.73 Å². The highest BCUT2D eigenvalue weighted by Crippen LogP contribution is 2.16. The van der Waals surface area contributed by atoms with E-state index in [0.29, 0.717) is 0 Å². The van der Waals surface area contributed by atoms with Crippen LogP contribution in [0.15, 0.2) is 22.8 Å². The third-order valence-corrected chi connectivity index (χ3v) is 1.73. The minimum atomic E-state index is -0.508. The van der Waals surface area contributed by atoms with Crippen LogP contribution < -0.4 is 11.2 Å². The van der Waals surface area contributed by atoms with Crippen LogP contribution in [0.3, 0.4) is 0 Å². The van der Waals surface area contributed by atoms with Crippen molar-refractivity contribution in [3.05, 3.63) is 24.2 Å². The third-order valence-electron chi connectivity index (χ3n) is 1.73. The average Bonchev–Trinajstić information content (AvgIpc) is 2.64. The van der Waals surface area contributed by atoms with Crippen molar-refractivity contribution in [3.8, 4) is 0 Å². The van der Waals surface area contributed by atoms with Crippen molar-refractivity contribution < 1.29 is 14.0 Å². The largest absolute Gasteiger partial charge is 0.468 e. The van der Waals surface area contributed by atoms with E-state index in [0.717, 1.165) is 12.2 Å². The molecule has 1 aromatic heterocycles. The molecule has 5 heteroatoms. The second kappa shape index (κ2) is 5.41. The van der Waals surface area contributed by atoms with E-state index in [2.05, 4.69) is 5.48 Å². The van der Waals surface area contributed by atoms with Gasteiger partial charge in [-0.05, 0) is 18.6 Å². The highest BCUT2D eigenvalue weighted by molar-refractivity contribution is 5.74. The van der Waals surface area contributed by atoms with Crippen molar-refractivity contribution in [1.29, 1.82) is 0 Å². The van der Waals surface area contributed by atoms with E-state index in [4.69, 9.17) is 15.0 Å². The normalized spacial score (nSPS) is 12.6. The van der Waals surface area contributed by atoms with Crippen LogP contribution >= 0.6 is 0 Å². The number of nitrogens with two attached hydrogens (primary N) is 1. The molecular formula is C9H14N2O3. The van der Waals surface area contributed by atoms with Crippen LogP contribution in [0.4, 0.5) is 0 Å². The molecule has 0 fully saturated rings. The summed E-state index contributed by atoms with van der Waals surface area (Å²) in [6.07, 6.45) is 2.39. The Morgan fingerprint density at radius 3 is 3.07 bits per heavy atom. The minimum absolute atomic E-state index is 0.0515. The van der Waals surface area contributed by atoms with Crippen LogP contribution in [-0.2, 0) is 9.63 Å². The first-order valence-corrected chi connectivity index (χ1v) is 4.43. The molecule has 1 unspecified atom stereocenters. The van der Waals surface area contributed by atoms with Gasteiger partial charge in [0.05, 0.1) is 12.3 Å². The van der Waals surface area contributed by atoms with Gasteiger partial charge in [-0.3, -0.25) is 9.63 Å². The number of carbonyl (C=O) groups excluding carboxylic acids is 1. The number of hydrogen-bond donors (Lipinski definition) is 2. The van der Waals surface area contributed by atoms with Gasteiger partial charge in [0.25, 0.3) is 0 Å². The van der Waals surface area contributed by atoms with Crippen molar-refractivity contribution in [3.63, 3.8) is 0 Å². The lowest BCUT2D eigenvalue weighted by Crippen LogP contribution is -2.27. The number of nitrogens with one attached hydrogen (secondary N) is 1. The second-order valence-electron chi connectivity index (χ2n) is 2.85. The fourth-order valence-electron chi connectivity index (χ4n) is 1.05. The molecule has 3 N–H and O–H groups in total. The van der Waals surface area contributed by atoms with Gasteiger partial charge >= 0.3 is 0 Å². The molecule has 0 saturated heterocycles. The van der Waals surface area contributed by atoms with Gasteiger partial charge in [-0.15, -0.1) is 0 Å². The summed E-state index contributed by atoms with van der Waals surface area (Å²) >= 11 is 0. The van der Waals surface area contributed by atoms with Crippen LogP contribution in [0.25, 0.3) is 0 Å². The Morgan fingerprint density at radius 2 is 2.57 bits per heavy atom. The molecule has 78 valence electrons. The Bertz CT molecular complexity index is 272. The van der Waals surface area contributed by atoms with E-state index in [1.54, 1.807) is 12.3 Å². The smallest absolute Gasteiger partial charge is 0.245 e. The highest BCUT2D eigenvalue weighted by Gasteiger charge is 2.11. The Labute approximate surface area is 82.2 Å². The van der Waals surface area contributed by atoms with Gasteiger partial charge in [0.15, 0.2) is 0 Å². The van der Waals surface area contributed by atoms with Gasteiger partial charge in [-0.25, -0.2) is 0 Å². The fourth-order valence-corrected chi connectivity index (χ4v) is 1.05. The van der Waals surface area contributed by atoms with Crippen molar-refractivity contribution >= 4 is 5.91 Å². The van der Waals surface area contributed by atoms with Crippen LogP contribution in [0.5, 0.6) is 0 Å². The molecule has 0 spiro atoms. The summed E-state index contributed by atoms with van der Waals surface area (Å²) < 4.78 is 5.19. The van der Waals surface area contributed by atoms with Crippen LogP contribution in [-0.4, -0.2) is 12.5 Å². The quantitative estimate of drug-likeness (QED) is 0.661. The number of furan rings is 1. The summed E-state index contributed by atoms with van der Waals surface area (Å²) in [6, 6.07) is 3.59. The predicted octanol–water partition coefficient (Wildman–Crippen LogP) is 0.737. The van der Waals surface area contributed by atoms with Gasteiger partial charge in [0, 0.05) is 0 Å². The molecule has 0 aliphatic carbocycles. The number of rotatable bonds is 6. The summed E-state index contributed by atoms with van der Waals surface area (Å²) in [5.41, 5.74) is 7.62. The molecule has 1 amide bonds. The first-order chi connectivity index (χ1) is 6.74. The summed E-state index contributed by atoms with van der Waals surface area (Å²) in [5, 5.41) is 0. The van der Waals surface area contributed by atoms with E-state index in [-0.39, 0.29) is 12.6 Å². The van der Waals surface area contributed by atoms with E-state index < -0.39 is 5.91 Å². The molecule has 0 aliphatic heterocycles. The molecule has 0 aromatic carbocycles. The second-order valence-corrected chi connectivity index (χ2v) is 2.85. The fraction of sp³-hybridized carbons (Fsp3) is 0.444. The van der Waals surface area contributed by atoms with Gasteiger partial charge in [0.2, 0.25) is 5.91 Å². The zero-order valence-electron chi connectivity index (χ0n) is 8.03. The standard InChI is InChI=1S/C9H14N2O3/c1-2-7(8-4-3-5-13-8)11-14-6-9(10)12/h3-5,7,11H,2,6H2,1H3,(H2,10,12). The summed E-state index contributed by atoms with van der Waals surface area (Å²) in [7, 11) is 0. The monoisotopic (exact) mass is 198 g/mol. The number of carbonyl (C=O) groups is 1. The first-order valence-electron chi connectivity index (χ1n) is 4.43. The molecule has 1 aromatic rings. The zero-order valence-corrected chi connectivity index (χ0v) is 8.03. The molecule has 14 heavy (non-hydrogen) atoms. The zero-order chi connectivity index (χ0) is 10.4. The highest BCUT2D eigenvalue weighted by atomic mass is 16.6. The van der Waals surface area contributed by atoms with Crippen molar-refractivity contribution in [2.75, 3.05) is 6.61 Å². The number of primary amides is 1. The van der Waals surface area contributed by atoms with Crippen molar-refractivity contribution in [2.45, 2.75) is 19.4 Å². The maximum Gasteiger partial charge on any atom is 0.245 e. The molecule has 0 radical (unpaired) electrons. The van der Waals surface area contributed by atoms with Crippen molar-refractivity contribution in [1.82, 2.24) is 5.48 Å². The number of hydroxylamine groups is 1. The molecular weight excluding hydrogens is 184 g/mol. The van der Waals surface area contributed by atoms with Gasteiger partial charge < -0.3 is 10.2 Å². The third kappa shape index (κ3) is 3.20.